The van der Waals surface area contributed by atoms with Crippen LogP contribution in [0.3, 0.4) is 0 Å². The number of benzene rings is 1. The Morgan fingerprint density at radius 1 is 1.12 bits per heavy atom. The first kappa shape index (κ1) is 20.2. The lowest BCUT2D eigenvalue weighted by molar-refractivity contribution is 0.0935. The molecule has 0 atom stereocenters. The molecule has 1 aliphatic rings. The Balaban J connectivity index is 1.76. The fourth-order valence-electron chi connectivity index (χ4n) is 4.52. The third-order valence-corrected chi connectivity index (χ3v) is 6.25. The van der Waals surface area contributed by atoms with Crippen molar-refractivity contribution in [2.24, 2.45) is 0 Å². The second-order valence-corrected chi connectivity index (χ2v) is 8.47. The summed E-state index contributed by atoms with van der Waals surface area (Å²) in [6.07, 6.45) is 5.78. The van der Waals surface area contributed by atoms with Gasteiger partial charge in [-0.15, -0.1) is 0 Å². The molecule has 162 valence electrons. The zero-order valence-electron chi connectivity index (χ0n) is 18.0. The van der Waals surface area contributed by atoms with E-state index in [1.165, 1.54) is 10.5 Å². The van der Waals surface area contributed by atoms with Gasteiger partial charge in [0.25, 0.3) is 11.5 Å². The number of nitrogens with one attached hydrogen (secondary N) is 2. The molecule has 7 nitrogen and oxygen atoms in total. The van der Waals surface area contributed by atoms with E-state index >= 15 is 0 Å². The maximum absolute atomic E-state index is 13.4. The van der Waals surface area contributed by atoms with E-state index in [0.29, 0.717) is 23.2 Å². The average Bonchev–Trinajstić information content (AvgIpc) is 3.30. The van der Waals surface area contributed by atoms with Gasteiger partial charge in [0.05, 0.1) is 17.5 Å². The van der Waals surface area contributed by atoms with Gasteiger partial charge in [-0.3, -0.25) is 19.4 Å². The van der Waals surface area contributed by atoms with Crippen LogP contribution in [0.2, 0.25) is 0 Å². The minimum Gasteiger partial charge on any atom is -0.349 e. The third-order valence-electron chi connectivity index (χ3n) is 6.25. The molecule has 0 radical (unpaired) electrons. The highest BCUT2D eigenvalue weighted by molar-refractivity contribution is 5.97. The van der Waals surface area contributed by atoms with E-state index in [1.807, 2.05) is 49.4 Å². The molecular formula is C25H25N5O2. The van der Waals surface area contributed by atoms with Crippen LogP contribution >= 0.6 is 0 Å². The summed E-state index contributed by atoms with van der Waals surface area (Å²) in [6.45, 7) is 2.25. The molecule has 3 aromatic heterocycles. The van der Waals surface area contributed by atoms with Crippen molar-refractivity contribution < 1.29 is 4.79 Å². The van der Waals surface area contributed by atoms with Crippen LogP contribution in [0.4, 0.5) is 0 Å². The van der Waals surface area contributed by atoms with Gasteiger partial charge in [0.1, 0.15) is 16.8 Å². The van der Waals surface area contributed by atoms with Crippen molar-refractivity contribution in [2.45, 2.75) is 45.2 Å². The summed E-state index contributed by atoms with van der Waals surface area (Å²) in [5, 5.41) is 12.3. The summed E-state index contributed by atoms with van der Waals surface area (Å²) in [6, 6.07) is 15.1. The molecule has 0 bridgehead atoms. The number of pyridine rings is 2. The predicted molar refractivity (Wildman–Crippen MR) is 123 cm³/mol. The average molecular weight is 428 g/mol. The van der Waals surface area contributed by atoms with Crippen LogP contribution < -0.4 is 16.4 Å². The minimum absolute atomic E-state index is 0.0571. The number of fused-ring (bicyclic) bond motifs is 2. The van der Waals surface area contributed by atoms with Crippen LogP contribution in [-0.2, 0) is 6.54 Å². The molecule has 1 amide bonds. The van der Waals surface area contributed by atoms with E-state index < -0.39 is 0 Å². The molecule has 1 fully saturated rings. The van der Waals surface area contributed by atoms with E-state index in [0.717, 1.165) is 36.8 Å². The van der Waals surface area contributed by atoms with Crippen LogP contribution in [0.15, 0.2) is 59.5 Å². The number of rotatable bonds is 4. The largest absolute Gasteiger partial charge is 0.349 e. The van der Waals surface area contributed by atoms with Crippen LogP contribution in [0.5, 0.6) is 0 Å². The van der Waals surface area contributed by atoms with Gasteiger partial charge in [0.2, 0.25) is 0 Å². The normalized spacial score (nSPS) is 14.3. The van der Waals surface area contributed by atoms with Gasteiger partial charge in [-0.05, 0) is 43.0 Å². The Kier molecular flexibility index (Phi) is 5.09. The molecule has 1 saturated carbocycles. The Bertz CT molecular complexity index is 1450. The highest BCUT2D eigenvalue weighted by Gasteiger charge is 2.22. The molecule has 0 unspecified atom stereocenters. The smallest absolute Gasteiger partial charge is 0.267 e. The molecule has 0 aliphatic heterocycles. The van der Waals surface area contributed by atoms with Crippen molar-refractivity contribution >= 4 is 22.6 Å². The zero-order chi connectivity index (χ0) is 22.2. The van der Waals surface area contributed by atoms with Gasteiger partial charge in [0.15, 0.2) is 0 Å². The van der Waals surface area contributed by atoms with Crippen molar-refractivity contribution in [3.63, 3.8) is 0 Å². The number of nitrogens with zero attached hydrogens (tertiary/aromatic N) is 3. The van der Waals surface area contributed by atoms with Crippen molar-refractivity contribution in [3.05, 3.63) is 87.3 Å². The first-order chi connectivity index (χ1) is 15.5. The Morgan fingerprint density at radius 2 is 1.88 bits per heavy atom. The molecule has 32 heavy (non-hydrogen) atoms. The predicted octanol–water partition coefficient (Wildman–Crippen LogP) is 3.16. The summed E-state index contributed by atoms with van der Waals surface area (Å²) in [7, 11) is 0. The van der Waals surface area contributed by atoms with Crippen molar-refractivity contribution in [3.8, 4) is 0 Å². The Morgan fingerprint density at radius 3 is 2.62 bits per heavy atom. The number of aromatic nitrogens is 3. The van der Waals surface area contributed by atoms with E-state index in [9.17, 15) is 9.59 Å². The van der Waals surface area contributed by atoms with Gasteiger partial charge >= 0.3 is 0 Å². The number of carbonyl (C=O) groups excluding carboxylic acids is 1. The third kappa shape index (κ3) is 3.49. The Labute approximate surface area is 184 Å². The van der Waals surface area contributed by atoms with Gasteiger partial charge in [-0.2, -0.15) is 0 Å². The maximum Gasteiger partial charge on any atom is 0.267 e. The molecule has 5 rings (SSSR count). The summed E-state index contributed by atoms with van der Waals surface area (Å²) >= 11 is 0. The number of aryl methyl sites for hydroxylation is 1. The van der Waals surface area contributed by atoms with E-state index in [1.54, 1.807) is 10.8 Å². The lowest BCUT2D eigenvalue weighted by Crippen LogP contribution is -2.38. The molecule has 3 heterocycles. The number of hydrogen-bond donors (Lipinski definition) is 2. The highest BCUT2D eigenvalue weighted by Crippen LogP contribution is 2.19. The number of carbonyl (C=O) groups is 1. The van der Waals surface area contributed by atoms with E-state index in [-0.39, 0.29) is 28.6 Å². The van der Waals surface area contributed by atoms with Crippen LogP contribution in [0, 0.1) is 12.3 Å². The second kappa shape index (κ2) is 8.07. The molecule has 0 saturated heterocycles. The summed E-state index contributed by atoms with van der Waals surface area (Å²) < 4.78 is 3.18. The fraction of sp³-hybridized carbons (Fsp3) is 0.280. The lowest BCUT2D eigenvalue weighted by Gasteiger charge is -2.17. The molecule has 1 aromatic carbocycles. The quantitative estimate of drug-likeness (QED) is 0.490. The van der Waals surface area contributed by atoms with Gasteiger partial charge in [-0.25, -0.2) is 4.98 Å². The fourth-order valence-corrected chi connectivity index (χ4v) is 4.52. The van der Waals surface area contributed by atoms with Crippen LogP contribution in [-0.4, -0.2) is 25.9 Å². The highest BCUT2D eigenvalue weighted by atomic mass is 16.2. The lowest BCUT2D eigenvalue weighted by atomic mass is 10.1. The number of amides is 1. The number of hydrogen-bond acceptors (Lipinski definition) is 4. The van der Waals surface area contributed by atoms with E-state index in [4.69, 9.17) is 10.4 Å². The molecule has 0 spiro atoms. The zero-order valence-corrected chi connectivity index (χ0v) is 18.0. The molecule has 4 aromatic rings. The van der Waals surface area contributed by atoms with Crippen molar-refractivity contribution in [2.75, 3.05) is 0 Å². The summed E-state index contributed by atoms with van der Waals surface area (Å²) in [5.41, 5.74) is 2.81. The first-order valence-electron chi connectivity index (χ1n) is 11.0. The van der Waals surface area contributed by atoms with Crippen LogP contribution in [0.25, 0.3) is 16.7 Å². The molecule has 7 heteroatoms. The van der Waals surface area contributed by atoms with Gasteiger partial charge < -0.3 is 9.88 Å². The maximum atomic E-state index is 13.4. The van der Waals surface area contributed by atoms with Crippen molar-refractivity contribution in [1.29, 1.82) is 5.41 Å². The standard InChI is InChI=1S/C25H25N5O2/c1-16-8-7-13-29-22(16)28-23-20(25(29)32)14-19(24(31)27-18-11-5-6-12-18)21(26)30(23)15-17-9-3-2-4-10-17/h2-4,7-10,13-14,18,26H,5-6,11-12,15H2,1H3,(H,27,31). The van der Waals surface area contributed by atoms with Crippen LogP contribution in [0.1, 0.15) is 47.2 Å². The minimum atomic E-state index is -0.306. The summed E-state index contributed by atoms with van der Waals surface area (Å²) in [5.74, 6) is -0.306. The molecule has 2 N–H and O–H groups in total. The SMILES string of the molecule is Cc1cccn2c(=O)c3cc(C(=O)NC4CCCC4)c(=N)n(Cc4ccccc4)c3nc12. The molecule has 1 aliphatic carbocycles. The topological polar surface area (TPSA) is 92.3 Å². The summed E-state index contributed by atoms with van der Waals surface area (Å²) in [4.78, 5) is 31.3. The second-order valence-electron chi connectivity index (χ2n) is 8.47. The van der Waals surface area contributed by atoms with Gasteiger partial charge in [-0.1, -0.05) is 49.2 Å². The molecular weight excluding hydrogens is 402 g/mol. The Hall–Kier alpha value is -3.74. The van der Waals surface area contributed by atoms with E-state index in [2.05, 4.69) is 5.32 Å². The first-order valence-corrected chi connectivity index (χ1v) is 11.0. The van der Waals surface area contributed by atoms with Gasteiger partial charge in [0, 0.05) is 12.2 Å². The van der Waals surface area contributed by atoms with Crippen molar-refractivity contribution in [1.82, 2.24) is 19.3 Å². The monoisotopic (exact) mass is 427 g/mol.